The van der Waals surface area contributed by atoms with Crippen LogP contribution in [-0.2, 0) is 0 Å². The van der Waals surface area contributed by atoms with E-state index in [4.69, 9.17) is 10.5 Å². The summed E-state index contributed by atoms with van der Waals surface area (Å²) in [5.74, 6) is -0.119. The summed E-state index contributed by atoms with van der Waals surface area (Å²) in [6, 6.07) is 3.56. The van der Waals surface area contributed by atoms with E-state index in [1.165, 1.54) is 18.9 Å². The Morgan fingerprint density at radius 2 is 2.19 bits per heavy atom. The summed E-state index contributed by atoms with van der Waals surface area (Å²) in [6.07, 6.45) is 2.36. The van der Waals surface area contributed by atoms with Crippen LogP contribution >= 0.6 is 0 Å². The van der Waals surface area contributed by atoms with Crippen molar-refractivity contribution in [3.8, 4) is 5.75 Å². The van der Waals surface area contributed by atoms with E-state index >= 15 is 0 Å². The van der Waals surface area contributed by atoms with Crippen molar-refractivity contribution in [1.82, 2.24) is 0 Å². The molecular weight excluding hydrogens is 207 g/mol. The minimum absolute atomic E-state index is 0.277. The molecule has 0 saturated heterocycles. The highest BCUT2D eigenvalue weighted by Gasteiger charge is 2.28. The second kappa shape index (κ2) is 4.20. The van der Waals surface area contributed by atoms with Gasteiger partial charge in [-0.1, -0.05) is 0 Å². The fourth-order valence-electron chi connectivity index (χ4n) is 1.79. The summed E-state index contributed by atoms with van der Waals surface area (Å²) in [7, 11) is 1.98. The summed E-state index contributed by atoms with van der Waals surface area (Å²) < 4.78 is 18.7. The summed E-state index contributed by atoms with van der Waals surface area (Å²) in [6.45, 7) is 2.29. The third kappa shape index (κ3) is 2.05. The average molecular weight is 224 g/mol. The summed E-state index contributed by atoms with van der Waals surface area (Å²) in [5.41, 5.74) is 7.14. The van der Waals surface area contributed by atoms with Crippen molar-refractivity contribution < 1.29 is 9.13 Å². The Balaban J connectivity index is 2.32. The number of hydrogen-bond donors (Lipinski definition) is 1. The number of nitrogens with zero attached hydrogens (tertiary/aromatic N) is 1. The van der Waals surface area contributed by atoms with Crippen LogP contribution in [0, 0.1) is 5.82 Å². The molecule has 1 aliphatic rings. The molecule has 0 aliphatic heterocycles. The topological polar surface area (TPSA) is 38.5 Å². The van der Waals surface area contributed by atoms with Crippen LogP contribution in [0.5, 0.6) is 5.75 Å². The van der Waals surface area contributed by atoms with Crippen molar-refractivity contribution in [3.05, 3.63) is 17.9 Å². The van der Waals surface area contributed by atoms with Crippen LogP contribution < -0.4 is 15.4 Å². The van der Waals surface area contributed by atoms with Gasteiger partial charge in [-0.3, -0.25) is 0 Å². The van der Waals surface area contributed by atoms with Gasteiger partial charge >= 0.3 is 0 Å². The minimum atomic E-state index is -0.396. The molecule has 1 aromatic carbocycles. The number of hydrogen-bond acceptors (Lipinski definition) is 3. The van der Waals surface area contributed by atoms with Crippen LogP contribution in [0.1, 0.15) is 19.8 Å². The molecule has 0 spiro atoms. The van der Waals surface area contributed by atoms with Gasteiger partial charge in [-0.05, 0) is 19.8 Å². The number of benzene rings is 1. The Kier molecular flexibility index (Phi) is 2.90. The zero-order valence-corrected chi connectivity index (χ0v) is 9.66. The van der Waals surface area contributed by atoms with Crippen molar-refractivity contribution >= 4 is 11.4 Å². The molecule has 0 heterocycles. The van der Waals surface area contributed by atoms with Gasteiger partial charge in [0.15, 0.2) is 11.6 Å². The average Bonchev–Trinajstić information content (AvgIpc) is 3.05. The third-order valence-electron chi connectivity index (χ3n) is 2.86. The third-order valence-corrected chi connectivity index (χ3v) is 2.86. The van der Waals surface area contributed by atoms with E-state index in [1.54, 1.807) is 6.07 Å². The van der Waals surface area contributed by atoms with E-state index in [2.05, 4.69) is 4.90 Å². The van der Waals surface area contributed by atoms with Crippen LogP contribution in [0.15, 0.2) is 12.1 Å². The molecule has 0 unspecified atom stereocenters. The van der Waals surface area contributed by atoms with Crippen LogP contribution in [0.25, 0.3) is 0 Å². The standard InChI is InChI=1S/C12H17FN2O/c1-3-16-12-7-11(10(14)6-9(12)13)15(2)8-4-5-8/h6-8H,3-5,14H2,1-2H3. The SMILES string of the molecule is CCOc1cc(N(C)C2CC2)c(N)cc1F. The second-order valence-corrected chi connectivity index (χ2v) is 4.12. The zero-order valence-electron chi connectivity index (χ0n) is 9.66. The van der Waals surface area contributed by atoms with E-state index in [0.29, 0.717) is 18.3 Å². The summed E-state index contributed by atoms with van der Waals surface area (Å²) >= 11 is 0. The Morgan fingerprint density at radius 1 is 1.50 bits per heavy atom. The van der Waals surface area contributed by atoms with Gasteiger partial charge in [0.2, 0.25) is 0 Å². The molecule has 88 valence electrons. The minimum Gasteiger partial charge on any atom is -0.491 e. The van der Waals surface area contributed by atoms with E-state index in [-0.39, 0.29) is 5.75 Å². The van der Waals surface area contributed by atoms with Gasteiger partial charge < -0.3 is 15.4 Å². The molecule has 0 radical (unpaired) electrons. The van der Waals surface area contributed by atoms with Crippen LogP contribution in [0.3, 0.4) is 0 Å². The fourth-order valence-corrected chi connectivity index (χ4v) is 1.79. The number of nitrogen functional groups attached to an aromatic ring is 1. The Labute approximate surface area is 95.0 Å². The first kappa shape index (κ1) is 11.0. The van der Waals surface area contributed by atoms with Gasteiger partial charge in [-0.2, -0.15) is 0 Å². The fraction of sp³-hybridized carbons (Fsp3) is 0.500. The zero-order chi connectivity index (χ0) is 11.7. The Hall–Kier alpha value is -1.45. The monoisotopic (exact) mass is 224 g/mol. The number of ether oxygens (including phenoxy) is 1. The lowest BCUT2D eigenvalue weighted by Gasteiger charge is -2.21. The van der Waals surface area contributed by atoms with E-state index in [9.17, 15) is 4.39 Å². The Morgan fingerprint density at radius 3 is 2.75 bits per heavy atom. The highest BCUT2D eigenvalue weighted by Crippen LogP contribution is 2.36. The number of rotatable bonds is 4. The molecule has 1 aromatic rings. The second-order valence-electron chi connectivity index (χ2n) is 4.12. The van der Waals surface area contributed by atoms with Crippen LogP contribution in [-0.4, -0.2) is 19.7 Å². The molecule has 1 fully saturated rings. The van der Waals surface area contributed by atoms with Crippen LogP contribution in [0.2, 0.25) is 0 Å². The van der Waals surface area contributed by atoms with Crippen molar-refractivity contribution in [2.24, 2.45) is 0 Å². The van der Waals surface area contributed by atoms with Crippen LogP contribution in [0.4, 0.5) is 15.8 Å². The predicted octanol–water partition coefficient (Wildman–Crippen LogP) is 2.41. The lowest BCUT2D eigenvalue weighted by atomic mass is 10.2. The summed E-state index contributed by atoms with van der Waals surface area (Å²) in [5, 5.41) is 0. The molecule has 2 rings (SSSR count). The molecule has 16 heavy (non-hydrogen) atoms. The van der Waals surface area contributed by atoms with E-state index in [0.717, 1.165) is 5.69 Å². The maximum Gasteiger partial charge on any atom is 0.167 e. The maximum atomic E-state index is 13.5. The number of halogens is 1. The van der Waals surface area contributed by atoms with E-state index < -0.39 is 5.82 Å². The van der Waals surface area contributed by atoms with E-state index in [1.807, 2.05) is 14.0 Å². The maximum absolute atomic E-state index is 13.5. The Bertz CT molecular complexity index is 391. The number of anilines is 2. The molecule has 4 heteroatoms. The lowest BCUT2D eigenvalue weighted by Crippen LogP contribution is -2.20. The largest absolute Gasteiger partial charge is 0.491 e. The smallest absolute Gasteiger partial charge is 0.167 e. The quantitative estimate of drug-likeness (QED) is 0.798. The first-order valence-corrected chi connectivity index (χ1v) is 5.58. The van der Waals surface area contributed by atoms with Gasteiger partial charge in [-0.25, -0.2) is 4.39 Å². The molecule has 0 amide bonds. The first-order valence-electron chi connectivity index (χ1n) is 5.58. The normalized spacial score (nSPS) is 14.9. The van der Waals surface area contributed by atoms with Crippen molar-refractivity contribution in [2.45, 2.75) is 25.8 Å². The molecule has 0 aromatic heterocycles. The molecule has 0 bridgehead atoms. The highest BCUT2D eigenvalue weighted by molar-refractivity contribution is 5.70. The molecule has 1 aliphatic carbocycles. The highest BCUT2D eigenvalue weighted by atomic mass is 19.1. The predicted molar refractivity (Wildman–Crippen MR) is 63.4 cm³/mol. The molecule has 1 saturated carbocycles. The van der Waals surface area contributed by atoms with Gasteiger partial charge in [-0.15, -0.1) is 0 Å². The molecule has 3 nitrogen and oxygen atoms in total. The van der Waals surface area contributed by atoms with Gasteiger partial charge in [0.05, 0.1) is 18.0 Å². The van der Waals surface area contributed by atoms with Gasteiger partial charge in [0, 0.05) is 25.2 Å². The summed E-state index contributed by atoms with van der Waals surface area (Å²) in [4.78, 5) is 2.09. The molecule has 2 N–H and O–H groups in total. The van der Waals surface area contributed by atoms with Crippen molar-refractivity contribution in [3.63, 3.8) is 0 Å². The number of nitrogens with two attached hydrogens (primary N) is 1. The lowest BCUT2D eigenvalue weighted by molar-refractivity contribution is 0.322. The van der Waals surface area contributed by atoms with Crippen molar-refractivity contribution in [2.75, 3.05) is 24.3 Å². The first-order chi connectivity index (χ1) is 7.63. The molecule has 0 atom stereocenters. The van der Waals surface area contributed by atoms with Gasteiger partial charge in [0.25, 0.3) is 0 Å². The molecular formula is C12H17FN2O. The van der Waals surface area contributed by atoms with Gasteiger partial charge in [0.1, 0.15) is 0 Å². The van der Waals surface area contributed by atoms with Crippen molar-refractivity contribution in [1.29, 1.82) is 0 Å².